The molecule has 0 amide bonds. The smallest absolute Gasteiger partial charge is 0.311 e. The standard InChI is InChI=1S/C10H11NO4S/c1-15-10-4-3-7(9(12)6-16-2)5-8(10)11(13)14/h3-5H,6H2,1-2H3. The number of carbonyl (C=O) groups is 1. The zero-order chi connectivity index (χ0) is 12.1. The minimum absolute atomic E-state index is 0.127. The third kappa shape index (κ3) is 2.73. The lowest BCUT2D eigenvalue weighted by Crippen LogP contribution is -2.03. The summed E-state index contributed by atoms with van der Waals surface area (Å²) in [5.41, 5.74) is 0.149. The lowest BCUT2D eigenvalue weighted by Gasteiger charge is -2.03. The second-order valence-corrected chi connectivity index (χ2v) is 3.87. The second kappa shape index (κ2) is 5.50. The maximum atomic E-state index is 11.5. The van der Waals surface area contributed by atoms with Crippen LogP contribution < -0.4 is 4.74 Å². The van der Waals surface area contributed by atoms with Crippen molar-refractivity contribution in [1.82, 2.24) is 0 Å². The van der Waals surface area contributed by atoms with E-state index >= 15 is 0 Å². The zero-order valence-electron chi connectivity index (χ0n) is 8.93. The van der Waals surface area contributed by atoms with Gasteiger partial charge in [0.15, 0.2) is 11.5 Å². The first kappa shape index (κ1) is 12.5. The van der Waals surface area contributed by atoms with Gasteiger partial charge in [0.25, 0.3) is 0 Å². The molecule has 0 bridgehead atoms. The number of methoxy groups -OCH3 is 1. The van der Waals surface area contributed by atoms with Gasteiger partial charge in [0.1, 0.15) is 0 Å². The Morgan fingerprint density at radius 1 is 1.56 bits per heavy atom. The summed E-state index contributed by atoms with van der Waals surface area (Å²) in [4.78, 5) is 21.7. The van der Waals surface area contributed by atoms with E-state index in [4.69, 9.17) is 4.74 Å². The van der Waals surface area contributed by atoms with E-state index in [-0.39, 0.29) is 17.2 Å². The Hall–Kier alpha value is -1.56. The van der Waals surface area contributed by atoms with Crippen molar-refractivity contribution in [3.05, 3.63) is 33.9 Å². The first-order valence-corrected chi connectivity index (χ1v) is 5.84. The normalized spacial score (nSPS) is 9.88. The molecule has 1 rings (SSSR count). The molecular formula is C10H11NO4S. The lowest BCUT2D eigenvalue weighted by molar-refractivity contribution is -0.385. The molecule has 0 unspecified atom stereocenters. The monoisotopic (exact) mass is 241 g/mol. The average Bonchev–Trinajstić information content (AvgIpc) is 2.28. The number of nitro benzene ring substituents is 1. The molecule has 0 aliphatic heterocycles. The number of thioether (sulfide) groups is 1. The molecule has 0 aliphatic rings. The van der Waals surface area contributed by atoms with Gasteiger partial charge in [-0.25, -0.2) is 0 Å². The number of hydrogen-bond donors (Lipinski definition) is 0. The summed E-state index contributed by atoms with van der Waals surface area (Å²) >= 11 is 1.38. The first-order valence-electron chi connectivity index (χ1n) is 4.44. The van der Waals surface area contributed by atoms with Gasteiger partial charge < -0.3 is 4.74 Å². The van der Waals surface area contributed by atoms with E-state index in [1.165, 1.54) is 37.1 Å². The predicted octanol–water partition coefficient (Wildman–Crippen LogP) is 2.15. The fourth-order valence-electron chi connectivity index (χ4n) is 1.22. The van der Waals surface area contributed by atoms with Crippen LogP contribution in [0.3, 0.4) is 0 Å². The van der Waals surface area contributed by atoms with Crippen LogP contribution in [0.2, 0.25) is 0 Å². The number of rotatable bonds is 5. The van der Waals surface area contributed by atoms with Crippen LogP contribution in [0.15, 0.2) is 18.2 Å². The third-order valence-corrected chi connectivity index (χ3v) is 2.52. The molecule has 0 N–H and O–H groups in total. The van der Waals surface area contributed by atoms with Crippen LogP contribution in [0.1, 0.15) is 10.4 Å². The van der Waals surface area contributed by atoms with Crippen LogP contribution >= 0.6 is 11.8 Å². The number of ketones is 1. The molecule has 1 aromatic carbocycles. The maximum Gasteiger partial charge on any atom is 0.311 e. The van der Waals surface area contributed by atoms with Crippen LogP contribution in [-0.4, -0.2) is 29.8 Å². The molecule has 6 heteroatoms. The van der Waals surface area contributed by atoms with Crippen molar-refractivity contribution in [3.63, 3.8) is 0 Å². The highest BCUT2D eigenvalue weighted by Gasteiger charge is 2.17. The van der Waals surface area contributed by atoms with Gasteiger partial charge in [0.05, 0.1) is 17.8 Å². The molecule has 0 aliphatic carbocycles. The number of ether oxygens (including phenoxy) is 1. The highest BCUT2D eigenvalue weighted by molar-refractivity contribution is 7.99. The van der Waals surface area contributed by atoms with Crippen molar-refractivity contribution < 1.29 is 14.5 Å². The van der Waals surface area contributed by atoms with Gasteiger partial charge in [-0.15, -0.1) is 0 Å². The van der Waals surface area contributed by atoms with Gasteiger partial charge in [-0.05, 0) is 18.4 Å². The molecule has 16 heavy (non-hydrogen) atoms. The quantitative estimate of drug-likeness (QED) is 0.449. The van der Waals surface area contributed by atoms with Crippen molar-refractivity contribution in [2.75, 3.05) is 19.1 Å². The second-order valence-electron chi connectivity index (χ2n) is 3.00. The fourth-order valence-corrected chi connectivity index (χ4v) is 1.65. The number of nitro groups is 1. The van der Waals surface area contributed by atoms with Gasteiger partial charge in [0.2, 0.25) is 0 Å². The van der Waals surface area contributed by atoms with Crippen LogP contribution in [0.25, 0.3) is 0 Å². The van der Waals surface area contributed by atoms with E-state index < -0.39 is 4.92 Å². The summed E-state index contributed by atoms with van der Waals surface area (Å²) in [5, 5.41) is 10.7. The average molecular weight is 241 g/mol. The van der Waals surface area contributed by atoms with Crippen LogP contribution in [-0.2, 0) is 0 Å². The van der Waals surface area contributed by atoms with Crippen molar-refractivity contribution in [2.45, 2.75) is 0 Å². The Morgan fingerprint density at radius 3 is 2.75 bits per heavy atom. The molecule has 0 radical (unpaired) electrons. The van der Waals surface area contributed by atoms with Crippen molar-refractivity contribution in [3.8, 4) is 5.75 Å². The van der Waals surface area contributed by atoms with Crippen LogP contribution in [0.5, 0.6) is 5.75 Å². The third-order valence-electron chi connectivity index (χ3n) is 1.97. The van der Waals surface area contributed by atoms with Crippen molar-refractivity contribution in [1.29, 1.82) is 0 Å². The molecule has 5 nitrogen and oxygen atoms in total. The number of carbonyl (C=O) groups excluding carboxylic acids is 1. The minimum Gasteiger partial charge on any atom is -0.490 e. The van der Waals surface area contributed by atoms with E-state index in [0.717, 1.165) is 0 Å². The van der Waals surface area contributed by atoms with Gasteiger partial charge in [-0.2, -0.15) is 11.8 Å². The minimum atomic E-state index is -0.561. The molecule has 0 spiro atoms. The molecule has 0 aromatic heterocycles. The molecule has 0 atom stereocenters. The Kier molecular flexibility index (Phi) is 4.30. The maximum absolute atomic E-state index is 11.5. The van der Waals surface area contributed by atoms with Crippen molar-refractivity contribution in [2.24, 2.45) is 0 Å². The summed E-state index contributed by atoms with van der Waals surface area (Å²) < 4.78 is 4.84. The van der Waals surface area contributed by atoms with Crippen LogP contribution in [0.4, 0.5) is 5.69 Å². The predicted molar refractivity (Wildman–Crippen MR) is 62.4 cm³/mol. The Bertz CT molecular complexity index is 419. The lowest BCUT2D eigenvalue weighted by atomic mass is 10.1. The largest absolute Gasteiger partial charge is 0.490 e. The Morgan fingerprint density at radius 2 is 2.25 bits per heavy atom. The number of nitrogens with zero attached hydrogens (tertiary/aromatic N) is 1. The molecular weight excluding hydrogens is 230 g/mol. The molecule has 0 fully saturated rings. The molecule has 86 valence electrons. The van der Waals surface area contributed by atoms with E-state index in [1.807, 2.05) is 0 Å². The summed E-state index contributed by atoms with van der Waals surface area (Å²) in [6, 6.07) is 4.22. The Labute approximate surface area is 96.9 Å². The van der Waals surface area contributed by atoms with Crippen LogP contribution in [0, 0.1) is 10.1 Å². The number of hydrogen-bond acceptors (Lipinski definition) is 5. The van der Waals surface area contributed by atoms with Crippen molar-refractivity contribution >= 4 is 23.2 Å². The van der Waals surface area contributed by atoms with E-state index in [0.29, 0.717) is 11.3 Å². The molecule has 1 aromatic rings. The topological polar surface area (TPSA) is 69.4 Å². The van der Waals surface area contributed by atoms with E-state index in [2.05, 4.69) is 0 Å². The molecule has 0 saturated carbocycles. The highest BCUT2D eigenvalue weighted by Crippen LogP contribution is 2.27. The van der Waals surface area contributed by atoms with Gasteiger partial charge in [-0.3, -0.25) is 14.9 Å². The highest BCUT2D eigenvalue weighted by atomic mass is 32.2. The SMILES string of the molecule is COc1ccc(C(=O)CSC)cc1[N+](=O)[O-]. The Balaban J connectivity index is 3.11. The fraction of sp³-hybridized carbons (Fsp3) is 0.300. The summed E-state index contributed by atoms with van der Waals surface area (Å²) in [6.45, 7) is 0. The van der Waals surface area contributed by atoms with E-state index in [9.17, 15) is 14.9 Å². The van der Waals surface area contributed by atoms with Gasteiger partial charge in [-0.1, -0.05) is 0 Å². The first-order chi connectivity index (χ1) is 7.60. The molecule has 0 saturated heterocycles. The molecule has 0 heterocycles. The summed E-state index contributed by atoms with van der Waals surface area (Å²) in [6.07, 6.45) is 1.80. The zero-order valence-corrected chi connectivity index (χ0v) is 9.74. The summed E-state index contributed by atoms with van der Waals surface area (Å²) in [5.74, 6) is 0.340. The van der Waals surface area contributed by atoms with E-state index in [1.54, 1.807) is 6.26 Å². The number of benzene rings is 1. The van der Waals surface area contributed by atoms with Gasteiger partial charge >= 0.3 is 5.69 Å². The summed E-state index contributed by atoms with van der Waals surface area (Å²) in [7, 11) is 1.35. The number of Topliss-reactive ketones (excluding diaryl/α,β-unsaturated/α-hetero) is 1. The van der Waals surface area contributed by atoms with Gasteiger partial charge in [0, 0.05) is 11.6 Å².